The van der Waals surface area contributed by atoms with E-state index in [2.05, 4.69) is 36.1 Å². The molecule has 0 bridgehead atoms. The fourth-order valence-electron chi connectivity index (χ4n) is 1.07. The van der Waals surface area contributed by atoms with E-state index in [0.29, 0.717) is 0 Å². The summed E-state index contributed by atoms with van der Waals surface area (Å²) in [4.78, 5) is 0. The molecule has 0 N–H and O–H groups in total. The molecule has 0 heterocycles. The van der Waals surface area contributed by atoms with E-state index in [1.165, 1.54) is 0 Å². The van der Waals surface area contributed by atoms with Gasteiger partial charge in [0.2, 0.25) is 0 Å². The molecule has 0 saturated carbocycles. The molecule has 0 aliphatic carbocycles. The fraction of sp³-hybridized carbons (Fsp3) is 0. The van der Waals surface area contributed by atoms with Gasteiger partial charge in [-0.25, -0.2) is 0 Å². The maximum absolute atomic E-state index is 3.59. The van der Waals surface area contributed by atoms with E-state index >= 15 is 0 Å². The molecule has 0 aromatic carbocycles. The minimum Gasteiger partial charge on any atom is -0.0991 e. The fourth-order valence-corrected chi connectivity index (χ4v) is 1.07. The highest BCUT2D eigenvalue weighted by Crippen LogP contribution is 1.85. The van der Waals surface area contributed by atoms with Crippen LogP contribution in [0.5, 0.6) is 0 Å². The first-order valence-electron chi connectivity index (χ1n) is 6.80. The summed E-state index contributed by atoms with van der Waals surface area (Å²) in [5.41, 5.74) is 10.4. The van der Waals surface area contributed by atoms with E-state index < -0.39 is 0 Å². The summed E-state index contributed by atoms with van der Waals surface area (Å²) in [5.74, 6) is 0. The minimum absolute atomic E-state index is 1.74. The van der Waals surface area contributed by atoms with Gasteiger partial charge in [-0.1, -0.05) is 109 Å². The molecule has 108 valence electrons. The van der Waals surface area contributed by atoms with Crippen molar-refractivity contribution in [2.24, 2.45) is 0 Å². The molecule has 0 aromatic rings. The molecule has 22 heavy (non-hydrogen) atoms. The second-order valence-electron chi connectivity index (χ2n) is 3.67. The average molecular weight is 284 g/mol. The Kier molecular flexibility index (Phi) is 15.2. The molecule has 0 heteroatoms. The first-order chi connectivity index (χ1) is 10.9. The first kappa shape index (κ1) is 18.8. The van der Waals surface area contributed by atoms with Gasteiger partial charge in [0.1, 0.15) is 0 Å². The molecule has 0 aliphatic rings. The molecule has 0 aromatic heterocycles. The molecule has 0 spiro atoms. The van der Waals surface area contributed by atoms with Gasteiger partial charge in [0.15, 0.2) is 0 Å². The summed E-state index contributed by atoms with van der Waals surface area (Å²) in [6, 6.07) is 0. The first-order valence-corrected chi connectivity index (χ1v) is 6.80. The van der Waals surface area contributed by atoms with Crippen molar-refractivity contribution >= 4 is 0 Å². The second kappa shape index (κ2) is 17.8. The van der Waals surface area contributed by atoms with E-state index in [0.717, 1.165) is 0 Å². The van der Waals surface area contributed by atoms with Crippen molar-refractivity contribution in [3.8, 4) is 0 Å². The highest BCUT2D eigenvalue weighted by atomic mass is 13.7. The predicted molar refractivity (Wildman–Crippen MR) is 98.4 cm³/mol. The molecule has 0 radical (unpaired) electrons. The third-order valence-corrected chi connectivity index (χ3v) is 1.98. The van der Waals surface area contributed by atoms with E-state index in [4.69, 9.17) is 0 Å². The van der Waals surface area contributed by atoms with Crippen LogP contribution >= 0.6 is 0 Å². The molecule has 0 unspecified atom stereocenters. The standard InChI is InChI=1S/C22H20/c1-3-5-7-9-11-13-15-17-19-21-22-20-18-16-14-12-10-8-6-4-2/h3,5,7,9,11-22H,1-2H2. The highest BCUT2D eigenvalue weighted by molar-refractivity contribution is 5.21. The zero-order valence-electron chi connectivity index (χ0n) is 12.7. The normalized spacial score (nSPS) is 11.8. The Labute approximate surface area is 133 Å². The maximum atomic E-state index is 3.59. The molecule has 0 aliphatic heterocycles. The molecular weight excluding hydrogens is 264 g/mol. The van der Waals surface area contributed by atoms with E-state index in [9.17, 15) is 0 Å². The molecular formula is C22H20. The quantitative estimate of drug-likeness (QED) is 0.386. The van der Waals surface area contributed by atoms with Crippen LogP contribution in [0.3, 0.4) is 0 Å². The summed E-state index contributed by atoms with van der Waals surface area (Å²) in [6.07, 6.45) is 30.6. The van der Waals surface area contributed by atoms with Gasteiger partial charge in [0, 0.05) is 0 Å². The van der Waals surface area contributed by atoms with E-state index in [-0.39, 0.29) is 0 Å². The number of allylic oxidation sites excluding steroid dienone is 16. The van der Waals surface area contributed by atoms with Gasteiger partial charge in [0.25, 0.3) is 0 Å². The summed E-state index contributed by atoms with van der Waals surface area (Å²) in [5, 5.41) is 0. The van der Waals surface area contributed by atoms with E-state index in [1.54, 1.807) is 12.2 Å². The monoisotopic (exact) mass is 284 g/mol. The summed E-state index contributed by atoms with van der Waals surface area (Å²) in [7, 11) is 0. The molecule has 0 fully saturated rings. The van der Waals surface area contributed by atoms with Crippen LogP contribution < -0.4 is 0 Å². The number of rotatable bonds is 8. The lowest BCUT2D eigenvalue weighted by Crippen LogP contribution is -1.53. The Morgan fingerprint density at radius 3 is 1.32 bits per heavy atom. The van der Waals surface area contributed by atoms with Crippen molar-refractivity contribution < 1.29 is 0 Å². The minimum atomic E-state index is 1.74. The third kappa shape index (κ3) is 16.8. The second-order valence-corrected chi connectivity index (χ2v) is 3.67. The zero-order valence-corrected chi connectivity index (χ0v) is 12.7. The van der Waals surface area contributed by atoms with Crippen molar-refractivity contribution in [2.75, 3.05) is 0 Å². The van der Waals surface area contributed by atoms with Crippen LogP contribution in [0.25, 0.3) is 0 Å². The van der Waals surface area contributed by atoms with Crippen molar-refractivity contribution in [3.63, 3.8) is 0 Å². The molecule has 0 nitrogen and oxygen atoms in total. The van der Waals surface area contributed by atoms with Gasteiger partial charge in [-0.2, -0.15) is 0 Å². The lowest BCUT2D eigenvalue weighted by Gasteiger charge is -1.75. The largest absolute Gasteiger partial charge is 0.0991 e. The summed E-state index contributed by atoms with van der Waals surface area (Å²) < 4.78 is 0. The van der Waals surface area contributed by atoms with Crippen LogP contribution in [0, 0.1) is 0 Å². The van der Waals surface area contributed by atoms with Crippen LogP contribution in [0.2, 0.25) is 0 Å². The zero-order chi connectivity index (χ0) is 16.1. The Morgan fingerprint density at radius 2 is 0.909 bits per heavy atom. The molecule has 0 amide bonds. The summed E-state index contributed by atoms with van der Waals surface area (Å²) >= 11 is 0. The van der Waals surface area contributed by atoms with Crippen molar-refractivity contribution in [1.29, 1.82) is 0 Å². The molecule has 0 rings (SSSR count). The van der Waals surface area contributed by atoms with Crippen LogP contribution in [0.4, 0.5) is 0 Å². The van der Waals surface area contributed by atoms with Crippen molar-refractivity contribution in [2.45, 2.75) is 0 Å². The lowest BCUT2D eigenvalue weighted by atomic mass is 10.3. The Bertz CT molecular complexity index is 660. The van der Waals surface area contributed by atoms with Gasteiger partial charge < -0.3 is 0 Å². The van der Waals surface area contributed by atoms with Gasteiger partial charge in [0.05, 0.1) is 0 Å². The number of hydrogen-bond donors (Lipinski definition) is 0. The maximum Gasteiger partial charge on any atom is -0.0102 e. The van der Waals surface area contributed by atoms with Crippen LogP contribution in [0.1, 0.15) is 0 Å². The third-order valence-electron chi connectivity index (χ3n) is 1.98. The van der Waals surface area contributed by atoms with Crippen LogP contribution in [-0.2, 0) is 0 Å². The van der Waals surface area contributed by atoms with Gasteiger partial charge >= 0.3 is 0 Å². The van der Waals surface area contributed by atoms with Crippen molar-refractivity contribution in [3.05, 3.63) is 133 Å². The van der Waals surface area contributed by atoms with Gasteiger partial charge in [-0.05, 0) is 24.1 Å². The molecule has 0 saturated heterocycles. The van der Waals surface area contributed by atoms with Crippen LogP contribution in [-0.4, -0.2) is 0 Å². The van der Waals surface area contributed by atoms with Crippen LogP contribution in [0.15, 0.2) is 133 Å². The molecule has 0 atom stereocenters. The topological polar surface area (TPSA) is 0 Å². The van der Waals surface area contributed by atoms with Gasteiger partial charge in [-0.3, -0.25) is 0 Å². The SMILES string of the molecule is C=C=C=C=C=CC=CC=CC=CC=CC=CC=CC=CC=C. The van der Waals surface area contributed by atoms with Gasteiger partial charge in [-0.15, -0.1) is 0 Å². The predicted octanol–water partition coefficient (Wildman–Crippen LogP) is 5.87. The highest BCUT2D eigenvalue weighted by Gasteiger charge is 1.64. The lowest BCUT2D eigenvalue weighted by molar-refractivity contribution is 1.83. The Morgan fingerprint density at radius 1 is 0.500 bits per heavy atom. The van der Waals surface area contributed by atoms with E-state index in [1.807, 2.05) is 85.1 Å². The summed E-state index contributed by atoms with van der Waals surface area (Å²) in [6.45, 7) is 6.96. The Balaban J connectivity index is 4.04. The smallest absolute Gasteiger partial charge is 0.0102 e. The van der Waals surface area contributed by atoms with Crippen molar-refractivity contribution in [1.82, 2.24) is 0 Å². The Hall–Kier alpha value is -3.22. The number of hydrogen-bond acceptors (Lipinski definition) is 0. The average Bonchev–Trinajstić information content (AvgIpc) is 2.54.